The highest BCUT2D eigenvalue weighted by molar-refractivity contribution is 7.18. The number of fused-ring (bicyclic) bond motifs is 1. The van der Waals surface area contributed by atoms with E-state index in [-0.39, 0.29) is 29.3 Å². The molecule has 1 aromatic carbocycles. The normalized spacial score (nSPS) is 17.0. The number of aromatic carboxylic acids is 1. The molecule has 0 amide bonds. The van der Waals surface area contributed by atoms with Gasteiger partial charge in [-0.25, -0.2) is 9.18 Å². The Kier molecular flexibility index (Phi) is 5.72. The number of pyridine rings is 1. The fraction of sp³-hybridized carbons (Fsp3) is 0.348. The maximum Gasteiger partial charge on any atom is 0.341 e. The third-order valence-corrected chi connectivity index (χ3v) is 7.47. The summed E-state index contributed by atoms with van der Waals surface area (Å²) >= 11 is 7.18. The molecule has 5 rings (SSSR count). The highest BCUT2D eigenvalue weighted by Crippen LogP contribution is 2.38. The smallest absolute Gasteiger partial charge is 0.341 e. The number of carbonyl (C=O) groups excluding carboxylic acids is 1. The molecule has 3 aromatic rings. The van der Waals surface area contributed by atoms with Crippen molar-refractivity contribution in [1.29, 1.82) is 0 Å². The molecule has 2 aliphatic rings. The number of benzene rings is 1. The van der Waals surface area contributed by atoms with Crippen LogP contribution < -0.4 is 10.3 Å². The third kappa shape index (κ3) is 4.28. The first-order valence-electron chi connectivity index (χ1n) is 10.7. The number of anilines is 1. The average Bonchev–Trinajstić information content (AvgIpc) is 3.54. The highest BCUT2D eigenvalue weighted by atomic mass is 35.5. The summed E-state index contributed by atoms with van der Waals surface area (Å²) in [4.78, 5) is 41.2. The van der Waals surface area contributed by atoms with Gasteiger partial charge in [-0.3, -0.25) is 14.5 Å². The second kappa shape index (κ2) is 8.55. The van der Waals surface area contributed by atoms with Crippen LogP contribution in [0.2, 0.25) is 4.34 Å². The standard InChI is InChI=1S/C23H21ClFN3O4S/c24-21-4-3-20(33-21)19(29)12-26-5-7-27(8-6-26)18-10-17-14(9-16(18)25)22(30)15(23(31)32)11-28(17)13-1-2-13/h3-4,9-11,13H,1-2,5-8,12H2,(H,31,32). The Morgan fingerprint density at radius 2 is 1.88 bits per heavy atom. The zero-order chi connectivity index (χ0) is 23.3. The first-order chi connectivity index (χ1) is 15.8. The van der Waals surface area contributed by atoms with Gasteiger partial charge in [-0.05, 0) is 37.1 Å². The minimum absolute atomic E-state index is 0.0138. The summed E-state index contributed by atoms with van der Waals surface area (Å²) in [5.41, 5.74) is -0.0739. The number of aromatic nitrogens is 1. The Balaban J connectivity index is 1.38. The largest absolute Gasteiger partial charge is 0.477 e. The lowest BCUT2D eigenvalue weighted by atomic mass is 10.1. The van der Waals surface area contributed by atoms with Crippen LogP contribution in [0.25, 0.3) is 10.9 Å². The van der Waals surface area contributed by atoms with Crippen LogP contribution in [0.1, 0.15) is 38.9 Å². The van der Waals surface area contributed by atoms with Crippen molar-refractivity contribution in [3.63, 3.8) is 0 Å². The topological polar surface area (TPSA) is 82.8 Å². The number of thiophene rings is 1. The van der Waals surface area contributed by atoms with Gasteiger partial charge in [-0.15, -0.1) is 11.3 Å². The number of hydrogen-bond acceptors (Lipinski definition) is 6. The van der Waals surface area contributed by atoms with E-state index in [1.807, 2.05) is 9.80 Å². The zero-order valence-corrected chi connectivity index (χ0v) is 19.2. The molecule has 0 unspecified atom stereocenters. The van der Waals surface area contributed by atoms with Gasteiger partial charge in [0.15, 0.2) is 5.78 Å². The minimum Gasteiger partial charge on any atom is -0.477 e. The van der Waals surface area contributed by atoms with Gasteiger partial charge in [0.1, 0.15) is 11.4 Å². The van der Waals surface area contributed by atoms with Gasteiger partial charge in [0, 0.05) is 43.8 Å². The number of hydrogen-bond donors (Lipinski definition) is 1. The predicted molar refractivity (Wildman–Crippen MR) is 126 cm³/mol. The van der Waals surface area contributed by atoms with Crippen LogP contribution in [-0.2, 0) is 0 Å². The molecule has 0 atom stereocenters. The summed E-state index contributed by atoms with van der Waals surface area (Å²) in [6.45, 7) is 2.53. The second-order valence-electron chi connectivity index (χ2n) is 8.43. The van der Waals surface area contributed by atoms with Crippen molar-refractivity contribution in [2.75, 3.05) is 37.6 Å². The number of nitrogens with zero attached hydrogens (tertiary/aromatic N) is 3. The average molecular weight is 490 g/mol. The number of carbonyl (C=O) groups is 2. The van der Waals surface area contributed by atoms with E-state index in [1.54, 1.807) is 22.8 Å². The number of ketones is 1. The number of carboxylic acids is 1. The van der Waals surface area contributed by atoms with Gasteiger partial charge in [-0.2, -0.15) is 0 Å². The number of carboxylic acid groups (broad SMARTS) is 1. The van der Waals surface area contributed by atoms with Crippen LogP contribution in [0.5, 0.6) is 0 Å². The van der Waals surface area contributed by atoms with E-state index in [0.29, 0.717) is 46.6 Å². The van der Waals surface area contributed by atoms with Crippen LogP contribution in [0.15, 0.2) is 35.3 Å². The maximum absolute atomic E-state index is 15.1. The molecule has 33 heavy (non-hydrogen) atoms. The molecule has 1 aliphatic carbocycles. The molecule has 1 aliphatic heterocycles. The number of halogens is 2. The van der Waals surface area contributed by atoms with Crippen molar-refractivity contribution >= 4 is 51.3 Å². The molecule has 1 saturated heterocycles. The van der Waals surface area contributed by atoms with Crippen LogP contribution >= 0.6 is 22.9 Å². The van der Waals surface area contributed by atoms with E-state index >= 15 is 4.39 Å². The zero-order valence-electron chi connectivity index (χ0n) is 17.6. The van der Waals surface area contributed by atoms with Crippen molar-refractivity contribution in [3.8, 4) is 0 Å². The summed E-state index contributed by atoms with van der Waals surface area (Å²) < 4.78 is 17.5. The number of rotatable bonds is 6. The summed E-state index contributed by atoms with van der Waals surface area (Å²) in [5, 5.41) is 9.48. The number of piperazine rings is 1. The van der Waals surface area contributed by atoms with Crippen LogP contribution in [0.4, 0.5) is 10.1 Å². The summed E-state index contributed by atoms with van der Waals surface area (Å²) in [5.74, 6) is -1.85. The lowest BCUT2D eigenvalue weighted by molar-refractivity contribution is 0.0694. The monoisotopic (exact) mass is 489 g/mol. The molecule has 0 bridgehead atoms. The van der Waals surface area contributed by atoms with Crippen molar-refractivity contribution in [2.24, 2.45) is 0 Å². The Bertz CT molecular complexity index is 1330. The lowest BCUT2D eigenvalue weighted by Crippen LogP contribution is -2.48. The van der Waals surface area contributed by atoms with E-state index in [1.165, 1.54) is 17.5 Å². The molecule has 7 nitrogen and oxygen atoms in total. The fourth-order valence-electron chi connectivity index (χ4n) is 4.30. The predicted octanol–water partition coefficient (Wildman–Crippen LogP) is 3.89. The first kappa shape index (κ1) is 22.1. The Morgan fingerprint density at radius 1 is 1.15 bits per heavy atom. The third-order valence-electron chi connectivity index (χ3n) is 6.20. The molecule has 0 spiro atoms. The maximum atomic E-state index is 15.1. The summed E-state index contributed by atoms with van der Waals surface area (Å²) in [6.07, 6.45) is 3.17. The van der Waals surface area contributed by atoms with E-state index in [9.17, 15) is 19.5 Å². The fourth-order valence-corrected chi connectivity index (χ4v) is 5.27. The molecule has 2 aromatic heterocycles. The van der Waals surface area contributed by atoms with Gasteiger partial charge in [-0.1, -0.05) is 11.6 Å². The Morgan fingerprint density at radius 3 is 2.48 bits per heavy atom. The van der Waals surface area contributed by atoms with E-state index in [4.69, 9.17) is 11.6 Å². The second-order valence-corrected chi connectivity index (χ2v) is 10.1. The van der Waals surface area contributed by atoms with Crippen LogP contribution in [0, 0.1) is 5.82 Å². The van der Waals surface area contributed by atoms with E-state index in [2.05, 4.69) is 0 Å². The van der Waals surface area contributed by atoms with Gasteiger partial charge in [0.2, 0.25) is 5.43 Å². The van der Waals surface area contributed by atoms with E-state index < -0.39 is 17.2 Å². The molecular weight excluding hydrogens is 469 g/mol. The van der Waals surface area contributed by atoms with Gasteiger partial charge >= 0.3 is 5.97 Å². The van der Waals surface area contributed by atoms with Crippen molar-refractivity contribution in [2.45, 2.75) is 18.9 Å². The Labute approximate surface area is 197 Å². The molecule has 1 N–H and O–H groups in total. The van der Waals surface area contributed by atoms with Crippen LogP contribution in [-0.4, -0.2) is 59.0 Å². The molecule has 3 heterocycles. The summed E-state index contributed by atoms with van der Waals surface area (Å²) in [6, 6.07) is 6.38. The Hall–Kier alpha value is -2.75. The molecule has 1 saturated carbocycles. The van der Waals surface area contributed by atoms with Gasteiger partial charge in [0.25, 0.3) is 0 Å². The molecule has 2 fully saturated rings. The molecule has 172 valence electrons. The number of Topliss-reactive ketones (excluding diaryl/α,β-unsaturated/α-hetero) is 1. The van der Waals surface area contributed by atoms with Crippen molar-refractivity contribution in [3.05, 3.63) is 61.3 Å². The van der Waals surface area contributed by atoms with Gasteiger partial charge in [0.05, 0.1) is 27.0 Å². The molecule has 10 heteroatoms. The minimum atomic E-state index is -1.31. The van der Waals surface area contributed by atoms with Gasteiger partial charge < -0.3 is 14.6 Å². The lowest BCUT2D eigenvalue weighted by Gasteiger charge is -2.36. The quantitative estimate of drug-likeness (QED) is 0.529. The SMILES string of the molecule is O=C(CN1CCN(c2cc3c(cc2F)c(=O)c(C(=O)O)cn3C2CC2)CC1)c1ccc(Cl)s1. The molecule has 0 radical (unpaired) electrons. The van der Waals surface area contributed by atoms with Crippen molar-refractivity contribution < 1.29 is 19.1 Å². The van der Waals surface area contributed by atoms with Crippen LogP contribution in [0.3, 0.4) is 0 Å². The molecular formula is C23H21ClFN3O4S. The highest BCUT2D eigenvalue weighted by Gasteiger charge is 2.29. The van der Waals surface area contributed by atoms with Crippen molar-refractivity contribution in [1.82, 2.24) is 9.47 Å². The summed E-state index contributed by atoms with van der Waals surface area (Å²) in [7, 11) is 0. The van der Waals surface area contributed by atoms with E-state index in [0.717, 1.165) is 18.9 Å². The first-order valence-corrected chi connectivity index (χ1v) is 11.9.